The van der Waals surface area contributed by atoms with Crippen molar-refractivity contribution in [3.8, 4) is 0 Å². The van der Waals surface area contributed by atoms with Gasteiger partial charge in [0.2, 0.25) is 5.91 Å². The minimum absolute atomic E-state index is 0.0947. The van der Waals surface area contributed by atoms with Gasteiger partial charge in [0.25, 0.3) is 0 Å². The predicted molar refractivity (Wildman–Crippen MR) is 131 cm³/mol. The van der Waals surface area contributed by atoms with Gasteiger partial charge in [-0.2, -0.15) is 0 Å². The van der Waals surface area contributed by atoms with E-state index in [9.17, 15) is 4.79 Å². The number of carbonyl (C=O) groups excluding carboxylic acids is 1. The van der Waals surface area contributed by atoms with E-state index < -0.39 is 0 Å². The topological polar surface area (TPSA) is 67.4 Å². The molecule has 0 radical (unpaired) electrons. The predicted octanol–water partition coefficient (Wildman–Crippen LogP) is 4.96. The lowest BCUT2D eigenvalue weighted by Crippen LogP contribution is -2.46. The molecule has 6 nitrogen and oxygen atoms in total. The van der Waals surface area contributed by atoms with Crippen molar-refractivity contribution in [3.63, 3.8) is 0 Å². The van der Waals surface area contributed by atoms with Crippen molar-refractivity contribution in [3.05, 3.63) is 58.1 Å². The molecule has 2 heterocycles. The summed E-state index contributed by atoms with van der Waals surface area (Å²) in [6.45, 7) is 5.90. The Kier molecular flexibility index (Phi) is 7.40. The van der Waals surface area contributed by atoms with Crippen molar-refractivity contribution in [1.82, 2.24) is 15.3 Å². The van der Waals surface area contributed by atoms with Crippen molar-refractivity contribution >= 4 is 57.7 Å². The van der Waals surface area contributed by atoms with Crippen LogP contribution in [0, 0.1) is 0 Å². The second-order valence-electron chi connectivity index (χ2n) is 7.80. The van der Waals surface area contributed by atoms with Crippen LogP contribution >= 0.6 is 35.0 Å². The Bertz CT molecular complexity index is 1120. The average molecular weight is 491 g/mol. The number of thioether (sulfide) groups is 1. The highest BCUT2D eigenvalue weighted by Gasteiger charge is 2.26. The Balaban J connectivity index is 1.49. The van der Waals surface area contributed by atoms with Crippen LogP contribution < -0.4 is 10.2 Å². The number of hydrogen-bond donors (Lipinski definition) is 1. The highest BCUT2D eigenvalue weighted by molar-refractivity contribution is 8.00. The fourth-order valence-corrected chi connectivity index (χ4v) is 4.98. The fraction of sp³-hybridized carbons (Fsp3) is 0.348. The van der Waals surface area contributed by atoms with Gasteiger partial charge < -0.3 is 15.0 Å². The van der Waals surface area contributed by atoms with E-state index in [1.807, 2.05) is 30.3 Å². The van der Waals surface area contributed by atoms with E-state index in [1.165, 1.54) is 11.8 Å². The van der Waals surface area contributed by atoms with Crippen LogP contribution in [0.1, 0.15) is 19.4 Å². The molecule has 0 bridgehead atoms. The molecule has 1 fully saturated rings. The minimum Gasteiger partial charge on any atom is -0.372 e. The summed E-state index contributed by atoms with van der Waals surface area (Å²) < 4.78 is 5.87. The van der Waals surface area contributed by atoms with Gasteiger partial charge in [0.15, 0.2) is 5.82 Å². The standard InChI is InChI=1S/C23H24Cl2N4O2S/c1-14-11-29(12-15(2)31-14)22-23(28-20-6-4-3-5-19(20)27-22)32-13-21(30)26-10-16-7-8-17(24)9-18(16)25/h3-9,14-15H,10-13H2,1-2H3,(H,26,30)/t14-,15-/m1/s1. The SMILES string of the molecule is C[C@@H]1CN(c2nc3ccccc3nc2SCC(=O)NCc2ccc(Cl)cc2Cl)C[C@@H](C)O1. The third kappa shape index (κ3) is 5.64. The molecule has 168 valence electrons. The number of anilines is 1. The van der Waals surface area contributed by atoms with Crippen LogP contribution in [0.5, 0.6) is 0 Å². The molecule has 1 aromatic heterocycles. The molecule has 32 heavy (non-hydrogen) atoms. The van der Waals surface area contributed by atoms with Crippen LogP contribution in [0.25, 0.3) is 11.0 Å². The fourth-order valence-electron chi connectivity index (χ4n) is 3.67. The van der Waals surface area contributed by atoms with E-state index in [0.717, 1.165) is 40.5 Å². The number of aromatic nitrogens is 2. The summed E-state index contributed by atoms with van der Waals surface area (Å²) in [5, 5.41) is 4.75. The first-order chi connectivity index (χ1) is 15.4. The molecule has 1 amide bonds. The van der Waals surface area contributed by atoms with Crippen molar-refractivity contribution in [2.24, 2.45) is 0 Å². The van der Waals surface area contributed by atoms with Crippen molar-refractivity contribution < 1.29 is 9.53 Å². The molecular formula is C23H24Cl2N4O2S. The molecule has 0 aliphatic carbocycles. The zero-order valence-corrected chi connectivity index (χ0v) is 20.2. The lowest BCUT2D eigenvalue weighted by molar-refractivity contribution is -0.118. The van der Waals surface area contributed by atoms with Gasteiger partial charge in [0.1, 0.15) is 5.03 Å². The highest BCUT2D eigenvalue weighted by Crippen LogP contribution is 2.31. The Labute approximate surface area is 201 Å². The Morgan fingerprint density at radius 1 is 1.12 bits per heavy atom. The van der Waals surface area contributed by atoms with Gasteiger partial charge in [0.05, 0.1) is 29.0 Å². The smallest absolute Gasteiger partial charge is 0.230 e. The molecule has 0 spiro atoms. The largest absolute Gasteiger partial charge is 0.372 e. The van der Waals surface area contributed by atoms with E-state index >= 15 is 0 Å². The Hall–Kier alpha value is -2.06. The third-order valence-electron chi connectivity index (χ3n) is 5.07. The Morgan fingerprint density at radius 2 is 1.81 bits per heavy atom. The number of halogens is 2. The Morgan fingerprint density at radius 3 is 2.50 bits per heavy atom. The number of nitrogens with zero attached hydrogens (tertiary/aromatic N) is 3. The van der Waals surface area contributed by atoms with Crippen molar-refractivity contribution in [2.75, 3.05) is 23.7 Å². The maximum Gasteiger partial charge on any atom is 0.230 e. The number of hydrogen-bond acceptors (Lipinski definition) is 6. The number of para-hydroxylation sites is 2. The van der Waals surface area contributed by atoms with Gasteiger partial charge in [-0.1, -0.05) is 53.2 Å². The molecule has 0 unspecified atom stereocenters. The van der Waals surface area contributed by atoms with E-state index in [0.29, 0.717) is 16.6 Å². The van der Waals surface area contributed by atoms with Crippen LogP contribution in [-0.2, 0) is 16.1 Å². The molecule has 1 saturated heterocycles. The zero-order chi connectivity index (χ0) is 22.7. The summed E-state index contributed by atoms with van der Waals surface area (Å²) in [4.78, 5) is 24.4. The molecule has 1 aliphatic heterocycles. The molecule has 2 aromatic carbocycles. The number of nitrogens with one attached hydrogen (secondary N) is 1. The summed E-state index contributed by atoms with van der Waals surface area (Å²) >= 11 is 13.5. The molecule has 4 rings (SSSR count). The zero-order valence-electron chi connectivity index (χ0n) is 17.8. The number of carbonyl (C=O) groups is 1. The summed E-state index contributed by atoms with van der Waals surface area (Å²) in [6.07, 6.45) is 0.189. The molecule has 2 atom stereocenters. The summed E-state index contributed by atoms with van der Waals surface area (Å²) in [5.41, 5.74) is 2.46. The van der Waals surface area contributed by atoms with Crippen LogP contribution in [0.2, 0.25) is 10.0 Å². The molecule has 1 N–H and O–H groups in total. The minimum atomic E-state index is -0.106. The summed E-state index contributed by atoms with van der Waals surface area (Å²) in [6, 6.07) is 13.0. The molecule has 0 saturated carbocycles. The lowest BCUT2D eigenvalue weighted by atomic mass is 10.2. The van der Waals surface area contributed by atoms with E-state index in [4.69, 9.17) is 37.9 Å². The van der Waals surface area contributed by atoms with Gasteiger partial charge in [0, 0.05) is 29.7 Å². The van der Waals surface area contributed by atoms with Gasteiger partial charge >= 0.3 is 0 Å². The number of ether oxygens (including phenoxy) is 1. The van der Waals surface area contributed by atoms with Crippen molar-refractivity contribution in [2.45, 2.75) is 37.6 Å². The second-order valence-corrected chi connectivity index (χ2v) is 9.61. The average Bonchev–Trinajstić information content (AvgIpc) is 2.75. The molecular weight excluding hydrogens is 467 g/mol. The number of fused-ring (bicyclic) bond motifs is 1. The lowest BCUT2D eigenvalue weighted by Gasteiger charge is -2.36. The normalized spacial score (nSPS) is 18.7. The van der Waals surface area contributed by atoms with Gasteiger partial charge in [-0.3, -0.25) is 4.79 Å². The van der Waals surface area contributed by atoms with Crippen LogP contribution in [0.4, 0.5) is 5.82 Å². The second kappa shape index (κ2) is 10.3. The molecule has 3 aromatic rings. The molecule has 1 aliphatic rings. The van der Waals surface area contributed by atoms with E-state index in [-0.39, 0.29) is 23.9 Å². The van der Waals surface area contributed by atoms with Crippen LogP contribution in [0.15, 0.2) is 47.5 Å². The maximum atomic E-state index is 12.5. The van der Waals surface area contributed by atoms with Gasteiger partial charge in [-0.25, -0.2) is 9.97 Å². The van der Waals surface area contributed by atoms with Crippen LogP contribution in [-0.4, -0.2) is 46.9 Å². The third-order valence-corrected chi connectivity index (χ3v) is 6.61. The quantitative estimate of drug-likeness (QED) is 0.492. The first-order valence-electron chi connectivity index (χ1n) is 10.4. The van der Waals surface area contributed by atoms with Crippen molar-refractivity contribution in [1.29, 1.82) is 0 Å². The van der Waals surface area contributed by atoms with Gasteiger partial charge in [-0.15, -0.1) is 0 Å². The number of morpholine rings is 1. The monoisotopic (exact) mass is 490 g/mol. The first kappa shape index (κ1) is 23.1. The summed E-state index contributed by atoms with van der Waals surface area (Å²) in [5.74, 6) is 0.913. The number of amides is 1. The summed E-state index contributed by atoms with van der Waals surface area (Å²) in [7, 11) is 0. The number of benzene rings is 2. The van der Waals surface area contributed by atoms with Crippen LogP contribution in [0.3, 0.4) is 0 Å². The number of rotatable bonds is 6. The highest BCUT2D eigenvalue weighted by atomic mass is 35.5. The van der Waals surface area contributed by atoms with E-state index in [1.54, 1.807) is 12.1 Å². The van der Waals surface area contributed by atoms with Gasteiger partial charge in [-0.05, 0) is 43.7 Å². The first-order valence-corrected chi connectivity index (χ1v) is 12.1. The molecule has 9 heteroatoms. The maximum absolute atomic E-state index is 12.5. The van der Waals surface area contributed by atoms with E-state index in [2.05, 4.69) is 24.1 Å².